The first-order valence-corrected chi connectivity index (χ1v) is 6.36. The lowest BCUT2D eigenvalue weighted by molar-refractivity contribution is 0.168. The van der Waals surface area contributed by atoms with Crippen molar-refractivity contribution in [3.63, 3.8) is 0 Å². The Labute approximate surface area is 98.3 Å². The molecule has 2 heteroatoms. The molecule has 1 saturated carbocycles. The first kappa shape index (κ1) is 11.6. The summed E-state index contributed by atoms with van der Waals surface area (Å²) in [6.07, 6.45) is 9.38. The van der Waals surface area contributed by atoms with E-state index in [-0.39, 0.29) is 6.04 Å². The maximum atomic E-state index is 6.37. The van der Waals surface area contributed by atoms with Crippen LogP contribution in [0.4, 0.5) is 0 Å². The Hall–Kier alpha value is -0.890. The smallest absolute Gasteiger partial charge is 0.0419 e. The first-order valence-electron chi connectivity index (χ1n) is 6.36. The van der Waals surface area contributed by atoms with Crippen LogP contribution in [0, 0.1) is 5.41 Å². The van der Waals surface area contributed by atoms with Crippen LogP contribution in [0.2, 0.25) is 0 Å². The molecule has 2 nitrogen and oxygen atoms in total. The quantitative estimate of drug-likeness (QED) is 0.847. The molecule has 0 spiro atoms. The van der Waals surface area contributed by atoms with Crippen molar-refractivity contribution in [2.24, 2.45) is 11.1 Å². The van der Waals surface area contributed by atoms with Gasteiger partial charge in [-0.1, -0.05) is 32.3 Å². The van der Waals surface area contributed by atoms with Gasteiger partial charge in [0.25, 0.3) is 0 Å². The van der Waals surface area contributed by atoms with Gasteiger partial charge in [0.05, 0.1) is 0 Å². The number of hydrogen-bond donors (Lipinski definition) is 1. The van der Waals surface area contributed by atoms with Crippen molar-refractivity contribution in [3.8, 4) is 0 Å². The summed E-state index contributed by atoms with van der Waals surface area (Å²) in [5.74, 6) is 0. The van der Waals surface area contributed by atoms with E-state index in [0.717, 1.165) is 12.1 Å². The number of hydrogen-bond acceptors (Lipinski definition) is 2. The maximum absolute atomic E-state index is 6.37. The Balaban J connectivity index is 1.99. The predicted molar refractivity (Wildman–Crippen MR) is 67.1 cm³/mol. The third-order valence-corrected chi connectivity index (χ3v) is 4.05. The van der Waals surface area contributed by atoms with Gasteiger partial charge < -0.3 is 5.73 Å². The summed E-state index contributed by atoms with van der Waals surface area (Å²) in [6.45, 7) is 2.35. The fourth-order valence-electron chi connectivity index (χ4n) is 2.72. The Morgan fingerprint density at radius 3 is 2.69 bits per heavy atom. The van der Waals surface area contributed by atoms with Crippen LogP contribution < -0.4 is 5.73 Å². The lowest BCUT2D eigenvalue weighted by Crippen LogP contribution is -2.42. The molecule has 16 heavy (non-hydrogen) atoms. The fraction of sp³-hybridized carbons (Fsp3) is 0.643. The van der Waals surface area contributed by atoms with Gasteiger partial charge >= 0.3 is 0 Å². The van der Waals surface area contributed by atoms with Crippen LogP contribution in [0.5, 0.6) is 0 Å². The van der Waals surface area contributed by atoms with Crippen molar-refractivity contribution < 1.29 is 0 Å². The van der Waals surface area contributed by atoms with Gasteiger partial charge in [0, 0.05) is 24.4 Å². The van der Waals surface area contributed by atoms with Crippen LogP contribution in [0.3, 0.4) is 0 Å². The molecule has 0 aromatic carbocycles. The Bertz CT molecular complexity index is 315. The van der Waals surface area contributed by atoms with Gasteiger partial charge in [0.1, 0.15) is 0 Å². The van der Waals surface area contributed by atoms with Crippen molar-refractivity contribution in [1.29, 1.82) is 0 Å². The Morgan fingerprint density at radius 1 is 1.31 bits per heavy atom. The van der Waals surface area contributed by atoms with Crippen LogP contribution >= 0.6 is 0 Å². The minimum absolute atomic E-state index is 0.252. The largest absolute Gasteiger partial charge is 0.327 e. The third-order valence-electron chi connectivity index (χ3n) is 4.05. The Kier molecular flexibility index (Phi) is 3.59. The second-order valence-electron chi connectivity index (χ2n) is 5.35. The number of nitrogens with two attached hydrogens (primary N) is 1. The van der Waals surface area contributed by atoms with Crippen LogP contribution in [0.25, 0.3) is 0 Å². The average Bonchev–Trinajstić information content (AvgIpc) is 2.31. The molecular weight excluding hydrogens is 196 g/mol. The average molecular weight is 218 g/mol. The first-order chi connectivity index (χ1) is 7.71. The summed E-state index contributed by atoms with van der Waals surface area (Å²) >= 11 is 0. The fourth-order valence-corrected chi connectivity index (χ4v) is 2.72. The normalized spacial score (nSPS) is 21.6. The molecule has 2 rings (SSSR count). The molecule has 0 radical (unpaired) electrons. The molecule has 0 amide bonds. The zero-order valence-electron chi connectivity index (χ0n) is 10.2. The monoisotopic (exact) mass is 218 g/mol. The van der Waals surface area contributed by atoms with Crippen molar-refractivity contribution in [2.75, 3.05) is 0 Å². The minimum atomic E-state index is 0.252. The lowest BCUT2D eigenvalue weighted by Gasteiger charge is -2.38. The van der Waals surface area contributed by atoms with Crippen LogP contribution in [0.15, 0.2) is 24.4 Å². The molecule has 1 atom stereocenters. The molecule has 0 aliphatic heterocycles. The minimum Gasteiger partial charge on any atom is -0.327 e. The predicted octanol–water partition coefficient (Wildman–Crippen LogP) is 2.92. The molecule has 1 aliphatic carbocycles. The van der Waals surface area contributed by atoms with E-state index in [0.29, 0.717) is 5.41 Å². The van der Waals surface area contributed by atoms with Crippen molar-refractivity contribution in [3.05, 3.63) is 30.1 Å². The van der Waals surface area contributed by atoms with E-state index in [9.17, 15) is 0 Å². The molecule has 1 heterocycles. The van der Waals surface area contributed by atoms with Gasteiger partial charge in [0.15, 0.2) is 0 Å². The van der Waals surface area contributed by atoms with Gasteiger partial charge in [-0.05, 0) is 30.4 Å². The molecule has 1 aromatic heterocycles. The molecule has 1 aromatic rings. The summed E-state index contributed by atoms with van der Waals surface area (Å²) < 4.78 is 0. The maximum Gasteiger partial charge on any atom is 0.0419 e. The van der Waals surface area contributed by atoms with Crippen molar-refractivity contribution >= 4 is 0 Å². The molecular formula is C14H22N2. The van der Waals surface area contributed by atoms with Crippen molar-refractivity contribution in [2.45, 2.75) is 51.5 Å². The molecule has 1 aliphatic rings. The standard InChI is InChI=1S/C14H22N2/c1-14(8-4-2-5-9-14)13(15)11-12-7-3-6-10-16-12/h3,6-7,10,13H,2,4-5,8-9,11,15H2,1H3. The van der Waals surface area contributed by atoms with Gasteiger partial charge in [-0.25, -0.2) is 0 Å². The van der Waals surface area contributed by atoms with Crippen LogP contribution in [-0.2, 0) is 6.42 Å². The van der Waals surface area contributed by atoms with Gasteiger partial charge in [-0.2, -0.15) is 0 Å². The molecule has 88 valence electrons. The molecule has 1 unspecified atom stereocenters. The molecule has 2 N–H and O–H groups in total. The molecule has 0 saturated heterocycles. The van der Waals surface area contributed by atoms with E-state index in [1.165, 1.54) is 32.1 Å². The number of rotatable bonds is 3. The van der Waals surface area contributed by atoms with Crippen LogP contribution in [0.1, 0.15) is 44.7 Å². The summed E-state index contributed by atoms with van der Waals surface area (Å²) in [5, 5.41) is 0. The second kappa shape index (κ2) is 4.96. The SMILES string of the molecule is CC1(C(N)Cc2ccccn2)CCCCC1. The van der Waals surface area contributed by atoms with Gasteiger partial charge in [-0.3, -0.25) is 4.98 Å². The highest BCUT2D eigenvalue weighted by molar-refractivity contribution is 5.07. The van der Waals surface area contributed by atoms with Crippen LogP contribution in [-0.4, -0.2) is 11.0 Å². The highest BCUT2D eigenvalue weighted by Gasteiger charge is 2.33. The van der Waals surface area contributed by atoms with E-state index >= 15 is 0 Å². The van der Waals surface area contributed by atoms with E-state index in [4.69, 9.17) is 5.73 Å². The summed E-state index contributed by atoms with van der Waals surface area (Å²) in [4.78, 5) is 4.36. The number of pyridine rings is 1. The molecule has 0 bridgehead atoms. The zero-order valence-corrected chi connectivity index (χ0v) is 10.2. The third kappa shape index (κ3) is 2.62. The van der Waals surface area contributed by atoms with E-state index < -0.39 is 0 Å². The summed E-state index contributed by atoms with van der Waals surface area (Å²) in [7, 11) is 0. The van der Waals surface area contributed by atoms with Gasteiger partial charge in [0.2, 0.25) is 0 Å². The summed E-state index contributed by atoms with van der Waals surface area (Å²) in [6, 6.07) is 6.32. The summed E-state index contributed by atoms with van der Waals surface area (Å²) in [5.41, 5.74) is 7.83. The highest BCUT2D eigenvalue weighted by Crippen LogP contribution is 2.38. The molecule has 1 fully saturated rings. The Morgan fingerprint density at radius 2 is 2.06 bits per heavy atom. The number of aromatic nitrogens is 1. The van der Waals surface area contributed by atoms with E-state index in [1.54, 1.807) is 0 Å². The van der Waals surface area contributed by atoms with Gasteiger partial charge in [-0.15, -0.1) is 0 Å². The van der Waals surface area contributed by atoms with E-state index in [2.05, 4.69) is 18.0 Å². The number of nitrogens with zero attached hydrogens (tertiary/aromatic N) is 1. The second-order valence-corrected chi connectivity index (χ2v) is 5.35. The zero-order chi connectivity index (χ0) is 11.4. The lowest BCUT2D eigenvalue weighted by atomic mass is 9.70. The highest BCUT2D eigenvalue weighted by atomic mass is 14.7. The van der Waals surface area contributed by atoms with E-state index in [1.807, 2.05) is 18.3 Å². The van der Waals surface area contributed by atoms with Crippen molar-refractivity contribution in [1.82, 2.24) is 4.98 Å². The topological polar surface area (TPSA) is 38.9 Å².